The summed E-state index contributed by atoms with van der Waals surface area (Å²) in [5.41, 5.74) is 1.51. The van der Waals surface area contributed by atoms with Gasteiger partial charge in [0.25, 0.3) is 11.4 Å². The molecule has 41 heavy (non-hydrogen) atoms. The van der Waals surface area contributed by atoms with Crippen molar-refractivity contribution >= 4 is 17.7 Å². The molecule has 4 aromatic rings. The largest absolute Gasteiger partial charge is 0.490 e. The second-order valence-electron chi connectivity index (χ2n) is 8.71. The molecule has 4 rings (SSSR count). The predicted molar refractivity (Wildman–Crippen MR) is 149 cm³/mol. The first-order valence-corrected chi connectivity index (χ1v) is 12.6. The highest BCUT2D eigenvalue weighted by Crippen LogP contribution is 2.32. The second kappa shape index (κ2) is 13.6. The van der Waals surface area contributed by atoms with Crippen molar-refractivity contribution in [2.75, 3.05) is 6.61 Å². The quantitative estimate of drug-likeness (QED) is 0.0969. The molecule has 0 aliphatic carbocycles. The van der Waals surface area contributed by atoms with Crippen molar-refractivity contribution < 1.29 is 33.6 Å². The Morgan fingerprint density at radius 3 is 1.98 bits per heavy atom. The fraction of sp³-hybridized carbons (Fsp3) is 0.167. The zero-order valence-electron chi connectivity index (χ0n) is 22.1. The molecular formula is C30H26N2O9. The summed E-state index contributed by atoms with van der Waals surface area (Å²) in [6.45, 7) is 2.44. The minimum atomic E-state index is -0.636. The van der Waals surface area contributed by atoms with Crippen molar-refractivity contribution in [3.63, 3.8) is 0 Å². The van der Waals surface area contributed by atoms with Gasteiger partial charge in [-0.15, -0.1) is 0 Å². The molecule has 0 saturated carbocycles. The standard InChI is InChI=1S/C30H26N2O9/c1-2-38-30-14-22(19-40-25-9-11-27(31(34)35)23(15-25)17-33)8-13-29(30)41-20-24-16-26(10-12-28(24)32(36)37)39-18-21-6-4-3-5-7-21/h3-17H,2,18-20H2,1H3. The fourth-order valence-electron chi connectivity index (χ4n) is 3.92. The van der Waals surface area contributed by atoms with Gasteiger partial charge in [-0.2, -0.15) is 0 Å². The summed E-state index contributed by atoms with van der Waals surface area (Å²) >= 11 is 0. The maximum Gasteiger partial charge on any atom is 0.280 e. The Kier molecular flexibility index (Phi) is 9.45. The highest BCUT2D eigenvalue weighted by molar-refractivity contribution is 5.82. The topological polar surface area (TPSA) is 140 Å². The lowest BCUT2D eigenvalue weighted by atomic mass is 10.1. The van der Waals surface area contributed by atoms with Gasteiger partial charge in [-0.25, -0.2) is 0 Å². The number of benzene rings is 4. The highest BCUT2D eigenvalue weighted by Gasteiger charge is 2.18. The minimum Gasteiger partial charge on any atom is -0.490 e. The number of hydrogen-bond acceptors (Lipinski definition) is 9. The molecule has 0 spiro atoms. The Morgan fingerprint density at radius 1 is 0.659 bits per heavy atom. The number of ether oxygens (including phenoxy) is 4. The average molecular weight is 559 g/mol. The Balaban J connectivity index is 1.46. The molecule has 0 unspecified atom stereocenters. The van der Waals surface area contributed by atoms with Crippen LogP contribution < -0.4 is 18.9 Å². The van der Waals surface area contributed by atoms with E-state index in [4.69, 9.17) is 18.9 Å². The van der Waals surface area contributed by atoms with Gasteiger partial charge in [0.1, 0.15) is 31.3 Å². The van der Waals surface area contributed by atoms with Gasteiger partial charge in [0, 0.05) is 12.1 Å². The maximum atomic E-state index is 11.6. The molecule has 11 heteroatoms. The van der Waals surface area contributed by atoms with Gasteiger partial charge in [0.2, 0.25) is 0 Å². The summed E-state index contributed by atoms with van der Waals surface area (Å²) in [4.78, 5) is 32.8. The van der Waals surface area contributed by atoms with Gasteiger partial charge in [0.05, 0.1) is 27.6 Å². The molecule has 0 radical (unpaired) electrons. The third-order valence-electron chi connectivity index (χ3n) is 5.92. The monoisotopic (exact) mass is 558 g/mol. The molecule has 0 N–H and O–H groups in total. The Morgan fingerprint density at radius 2 is 1.32 bits per heavy atom. The smallest absolute Gasteiger partial charge is 0.280 e. The van der Waals surface area contributed by atoms with E-state index in [1.165, 1.54) is 24.3 Å². The lowest BCUT2D eigenvalue weighted by Gasteiger charge is -2.15. The number of nitro benzene ring substituents is 2. The van der Waals surface area contributed by atoms with Crippen molar-refractivity contribution in [3.8, 4) is 23.0 Å². The van der Waals surface area contributed by atoms with Crippen molar-refractivity contribution in [2.24, 2.45) is 0 Å². The minimum absolute atomic E-state index is 0.0860. The van der Waals surface area contributed by atoms with E-state index in [2.05, 4.69) is 0 Å². The van der Waals surface area contributed by atoms with Crippen LogP contribution in [-0.2, 0) is 19.8 Å². The van der Waals surface area contributed by atoms with E-state index in [0.29, 0.717) is 47.9 Å². The first-order valence-electron chi connectivity index (χ1n) is 12.6. The SMILES string of the molecule is CCOc1cc(COc2ccc([N+](=O)[O-])c(C=O)c2)ccc1OCc1cc(OCc2ccccc2)ccc1[N+](=O)[O-]. The van der Waals surface area contributed by atoms with Crippen LogP contribution in [0.2, 0.25) is 0 Å². The van der Waals surface area contributed by atoms with E-state index in [1.807, 2.05) is 37.3 Å². The van der Waals surface area contributed by atoms with Crippen LogP contribution in [0.3, 0.4) is 0 Å². The van der Waals surface area contributed by atoms with Gasteiger partial charge in [0.15, 0.2) is 17.8 Å². The number of carbonyl (C=O) groups is 1. The molecule has 0 fully saturated rings. The van der Waals surface area contributed by atoms with Crippen LogP contribution in [0.5, 0.6) is 23.0 Å². The number of hydrogen-bond donors (Lipinski definition) is 0. The second-order valence-corrected chi connectivity index (χ2v) is 8.71. The summed E-state index contributed by atoms with van der Waals surface area (Å²) in [6, 6.07) is 23.1. The molecule has 210 valence electrons. The molecule has 0 saturated heterocycles. The van der Waals surface area contributed by atoms with Crippen LogP contribution in [0.4, 0.5) is 11.4 Å². The third kappa shape index (κ3) is 7.57. The highest BCUT2D eigenvalue weighted by atomic mass is 16.6. The Bertz CT molecular complexity index is 1540. The van der Waals surface area contributed by atoms with Gasteiger partial charge in [-0.1, -0.05) is 36.4 Å². The van der Waals surface area contributed by atoms with E-state index in [-0.39, 0.29) is 35.9 Å². The zero-order valence-corrected chi connectivity index (χ0v) is 22.1. The molecule has 0 aliphatic heterocycles. The number of carbonyl (C=O) groups excluding carboxylic acids is 1. The number of rotatable bonds is 14. The molecule has 0 atom stereocenters. The number of aldehydes is 1. The van der Waals surface area contributed by atoms with Crippen LogP contribution in [0.15, 0.2) is 84.9 Å². The Labute approximate surface area is 235 Å². The van der Waals surface area contributed by atoms with Crippen molar-refractivity contribution in [2.45, 2.75) is 26.7 Å². The first kappa shape index (κ1) is 28.6. The summed E-state index contributed by atoms with van der Waals surface area (Å²) in [5.74, 6) is 1.54. The molecule has 0 aromatic heterocycles. The van der Waals surface area contributed by atoms with Crippen LogP contribution in [-0.4, -0.2) is 22.7 Å². The van der Waals surface area contributed by atoms with Crippen LogP contribution in [0, 0.1) is 20.2 Å². The summed E-state index contributed by atoms with van der Waals surface area (Å²) in [6.07, 6.45) is 0.403. The van der Waals surface area contributed by atoms with Gasteiger partial charge < -0.3 is 18.9 Å². The van der Waals surface area contributed by atoms with E-state index in [1.54, 1.807) is 30.3 Å². The van der Waals surface area contributed by atoms with Crippen LogP contribution in [0.25, 0.3) is 0 Å². The van der Waals surface area contributed by atoms with Gasteiger partial charge in [-0.05, 0) is 54.4 Å². The van der Waals surface area contributed by atoms with E-state index in [9.17, 15) is 25.0 Å². The van der Waals surface area contributed by atoms with Gasteiger partial charge >= 0.3 is 0 Å². The van der Waals surface area contributed by atoms with Crippen LogP contribution in [0.1, 0.15) is 34.0 Å². The third-order valence-corrected chi connectivity index (χ3v) is 5.92. The van der Waals surface area contributed by atoms with Crippen molar-refractivity contribution in [3.05, 3.63) is 127 Å². The summed E-state index contributed by atoms with van der Waals surface area (Å²) in [5, 5.41) is 22.7. The number of nitrogens with zero attached hydrogens (tertiary/aromatic N) is 2. The van der Waals surface area contributed by atoms with E-state index < -0.39 is 9.85 Å². The van der Waals surface area contributed by atoms with Crippen molar-refractivity contribution in [1.82, 2.24) is 0 Å². The molecule has 0 bridgehead atoms. The molecule has 0 heterocycles. The maximum absolute atomic E-state index is 11.6. The molecular weight excluding hydrogens is 532 g/mol. The summed E-state index contributed by atoms with van der Waals surface area (Å²) in [7, 11) is 0. The molecule has 4 aromatic carbocycles. The molecule has 0 amide bonds. The Hall–Kier alpha value is -5.45. The van der Waals surface area contributed by atoms with Gasteiger partial charge in [-0.3, -0.25) is 25.0 Å². The number of nitro groups is 2. The fourth-order valence-corrected chi connectivity index (χ4v) is 3.92. The summed E-state index contributed by atoms with van der Waals surface area (Å²) < 4.78 is 23.2. The molecule has 0 aliphatic rings. The van der Waals surface area contributed by atoms with Crippen LogP contribution >= 0.6 is 0 Å². The lowest BCUT2D eigenvalue weighted by molar-refractivity contribution is -0.385. The molecule has 11 nitrogen and oxygen atoms in total. The average Bonchev–Trinajstić information content (AvgIpc) is 2.98. The predicted octanol–water partition coefficient (Wildman–Crippen LogP) is 6.45. The van der Waals surface area contributed by atoms with E-state index in [0.717, 1.165) is 5.56 Å². The van der Waals surface area contributed by atoms with Crippen molar-refractivity contribution in [1.29, 1.82) is 0 Å². The lowest BCUT2D eigenvalue weighted by Crippen LogP contribution is -2.04. The normalized spacial score (nSPS) is 10.5. The first-order chi connectivity index (χ1) is 19.9. The zero-order chi connectivity index (χ0) is 29.2. The van der Waals surface area contributed by atoms with E-state index >= 15 is 0 Å².